The van der Waals surface area contributed by atoms with Gasteiger partial charge in [0.15, 0.2) is 0 Å². The SMILES string of the molecule is CCOc1ccccc1CN1CCC2(CC1)CCN(C(=O)c1cccc(C)c1C)CC2.O=C(O)C(F)(F)F. The van der Waals surface area contributed by atoms with Crippen molar-refractivity contribution >= 4 is 11.9 Å². The first-order valence-electron chi connectivity index (χ1n) is 13.0. The van der Waals surface area contributed by atoms with Crippen LogP contribution >= 0.6 is 0 Å². The maximum atomic E-state index is 13.1. The van der Waals surface area contributed by atoms with Gasteiger partial charge in [-0.3, -0.25) is 9.69 Å². The van der Waals surface area contributed by atoms with Crippen LogP contribution in [0.3, 0.4) is 0 Å². The first kappa shape index (κ1) is 29.5. The van der Waals surface area contributed by atoms with Gasteiger partial charge in [0.05, 0.1) is 6.61 Å². The molecule has 6 nitrogen and oxygen atoms in total. The van der Waals surface area contributed by atoms with Gasteiger partial charge in [0.2, 0.25) is 0 Å². The third-order valence-electron chi connectivity index (χ3n) is 7.77. The van der Waals surface area contributed by atoms with E-state index in [0.717, 1.165) is 62.4 Å². The first-order chi connectivity index (χ1) is 18.0. The number of aliphatic carboxylic acids is 1. The molecule has 1 spiro atoms. The number of aryl methyl sites for hydroxylation is 1. The number of carbonyl (C=O) groups excluding carboxylic acids is 1. The molecular formula is C29H37F3N2O4. The fraction of sp³-hybridized carbons (Fsp3) is 0.517. The minimum Gasteiger partial charge on any atom is -0.494 e. The van der Waals surface area contributed by atoms with Crippen LogP contribution in [0.1, 0.15) is 59.7 Å². The van der Waals surface area contributed by atoms with Crippen molar-refractivity contribution in [2.75, 3.05) is 32.8 Å². The van der Waals surface area contributed by atoms with Crippen LogP contribution in [-0.4, -0.2) is 65.7 Å². The molecule has 1 N–H and O–H groups in total. The van der Waals surface area contributed by atoms with Gasteiger partial charge in [-0.1, -0.05) is 30.3 Å². The molecular weight excluding hydrogens is 497 g/mol. The van der Waals surface area contributed by atoms with Crippen LogP contribution in [0.25, 0.3) is 0 Å². The van der Waals surface area contributed by atoms with Gasteiger partial charge in [-0.15, -0.1) is 0 Å². The number of amides is 1. The van der Waals surface area contributed by atoms with E-state index in [1.807, 2.05) is 25.1 Å². The van der Waals surface area contributed by atoms with Crippen LogP contribution in [0.15, 0.2) is 42.5 Å². The van der Waals surface area contributed by atoms with Crippen molar-refractivity contribution in [1.82, 2.24) is 9.80 Å². The highest BCUT2D eigenvalue weighted by atomic mass is 19.4. The Morgan fingerprint density at radius 3 is 2.11 bits per heavy atom. The molecule has 0 unspecified atom stereocenters. The van der Waals surface area contributed by atoms with Crippen LogP contribution in [0.5, 0.6) is 5.75 Å². The van der Waals surface area contributed by atoms with E-state index < -0.39 is 12.1 Å². The summed E-state index contributed by atoms with van der Waals surface area (Å²) in [5.74, 6) is -1.53. The fourth-order valence-corrected chi connectivity index (χ4v) is 5.19. The number of benzene rings is 2. The van der Waals surface area contributed by atoms with Crippen molar-refractivity contribution in [3.05, 3.63) is 64.7 Å². The van der Waals surface area contributed by atoms with Crippen molar-refractivity contribution in [3.63, 3.8) is 0 Å². The van der Waals surface area contributed by atoms with Crippen molar-refractivity contribution in [1.29, 1.82) is 0 Å². The zero-order valence-electron chi connectivity index (χ0n) is 22.3. The van der Waals surface area contributed by atoms with Gasteiger partial charge in [-0.25, -0.2) is 4.79 Å². The fourth-order valence-electron chi connectivity index (χ4n) is 5.19. The molecule has 1 amide bonds. The average molecular weight is 535 g/mol. The molecule has 2 aliphatic heterocycles. The molecule has 38 heavy (non-hydrogen) atoms. The summed E-state index contributed by atoms with van der Waals surface area (Å²) in [6.07, 6.45) is -0.357. The molecule has 0 saturated carbocycles. The van der Waals surface area contributed by atoms with Gasteiger partial charge in [-0.2, -0.15) is 13.2 Å². The molecule has 2 fully saturated rings. The minimum absolute atomic E-state index is 0.209. The minimum atomic E-state index is -5.08. The molecule has 208 valence electrons. The van der Waals surface area contributed by atoms with E-state index in [-0.39, 0.29) is 5.91 Å². The number of alkyl halides is 3. The number of carbonyl (C=O) groups is 2. The maximum absolute atomic E-state index is 13.1. The Morgan fingerprint density at radius 2 is 1.53 bits per heavy atom. The van der Waals surface area contributed by atoms with E-state index >= 15 is 0 Å². The third kappa shape index (κ3) is 7.49. The number of likely N-dealkylation sites (tertiary alicyclic amines) is 2. The molecule has 0 atom stereocenters. The molecule has 2 saturated heterocycles. The summed E-state index contributed by atoms with van der Waals surface area (Å²) in [6, 6.07) is 14.5. The van der Waals surface area contributed by atoms with Gasteiger partial charge in [0.1, 0.15) is 5.75 Å². The summed E-state index contributed by atoms with van der Waals surface area (Å²) >= 11 is 0. The van der Waals surface area contributed by atoms with E-state index in [1.54, 1.807) is 0 Å². The monoisotopic (exact) mass is 534 g/mol. The van der Waals surface area contributed by atoms with Crippen LogP contribution in [0, 0.1) is 19.3 Å². The highest BCUT2D eigenvalue weighted by Gasteiger charge is 2.39. The lowest BCUT2D eigenvalue weighted by Gasteiger charge is -2.47. The van der Waals surface area contributed by atoms with E-state index in [0.29, 0.717) is 12.0 Å². The molecule has 2 aromatic rings. The number of para-hydroxylation sites is 1. The second-order valence-electron chi connectivity index (χ2n) is 10.2. The zero-order chi connectivity index (χ0) is 27.9. The number of hydrogen-bond acceptors (Lipinski definition) is 4. The van der Waals surface area contributed by atoms with Gasteiger partial charge >= 0.3 is 12.1 Å². The number of nitrogens with zero attached hydrogens (tertiary/aromatic N) is 2. The second-order valence-corrected chi connectivity index (χ2v) is 10.2. The Morgan fingerprint density at radius 1 is 0.947 bits per heavy atom. The lowest BCUT2D eigenvalue weighted by molar-refractivity contribution is -0.192. The number of halogens is 3. The lowest BCUT2D eigenvalue weighted by Crippen LogP contribution is -2.48. The van der Waals surface area contributed by atoms with E-state index in [9.17, 15) is 18.0 Å². The van der Waals surface area contributed by atoms with E-state index in [1.165, 1.54) is 24.0 Å². The largest absolute Gasteiger partial charge is 0.494 e. The number of ether oxygens (including phenoxy) is 1. The first-order valence-corrected chi connectivity index (χ1v) is 13.0. The normalized spacial score (nSPS) is 17.5. The Kier molecular flexibility index (Phi) is 9.82. The summed E-state index contributed by atoms with van der Waals surface area (Å²) in [5, 5.41) is 7.12. The number of rotatable bonds is 5. The highest BCUT2D eigenvalue weighted by molar-refractivity contribution is 5.96. The highest BCUT2D eigenvalue weighted by Crippen LogP contribution is 2.42. The number of piperidine rings is 2. The van der Waals surface area contributed by atoms with E-state index in [4.69, 9.17) is 14.6 Å². The smallest absolute Gasteiger partial charge is 0.490 e. The van der Waals surface area contributed by atoms with Crippen molar-refractivity contribution in [2.24, 2.45) is 5.41 Å². The van der Waals surface area contributed by atoms with E-state index in [2.05, 4.69) is 47.9 Å². The molecule has 2 aliphatic rings. The topological polar surface area (TPSA) is 70.1 Å². The predicted octanol–water partition coefficient (Wildman–Crippen LogP) is 5.85. The second kappa shape index (κ2) is 12.7. The molecule has 9 heteroatoms. The van der Waals surface area contributed by atoms with Gasteiger partial charge < -0.3 is 14.7 Å². The molecule has 2 heterocycles. The average Bonchev–Trinajstić information content (AvgIpc) is 2.88. The number of carboxylic acid groups (broad SMARTS) is 1. The molecule has 0 bridgehead atoms. The zero-order valence-corrected chi connectivity index (χ0v) is 22.3. The molecule has 2 aromatic carbocycles. The van der Waals surface area contributed by atoms with Crippen LogP contribution in [0.2, 0.25) is 0 Å². The van der Waals surface area contributed by atoms with Crippen LogP contribution in [0.4, 0.5) is 13.2 Å². The lowest BCUT2D eigenvalue weighted by atomic mass is 9.71. The molecule has 4 rings (SSSR count). The Balaban J connectivity index is 0.000000505. The summed E-state index contributed by atoms with van der Waals surface area (Å²) in [5.41, 5.74) is 4.88. The van der Waals surface area contributed by atoms with Gasteiger partial charge in [0.25, 0.3) is 5.91 Å². The molecule has 0 aliphatic carbocycles. The van der Waals surface area contributed by atoms with Crippen LogP contribution < -0.4 is 4.74 Å². The molecule has 0 radical (unpaired) electrons. The summed E-state index contributed by atoms with van der Waals surface area (Å²) in [4.78, 5) is 26.6. The summed E-state index contributed by atoms with van der Waals surface area (Å²) < 4.78 is 37.5. The number of carboxylic acids is 1. The van der Waals surface area contributed by atoms with Gasteiger partial charge in [0, 0.05) is 30.8 Å². The van der Waals surface area contributed by atoms with Crippen molar-refractivity contribution in [3.8, 4) is 5.75 Å². The Hall–Kier alpha value is -3.07. The summed E-state index contributed by atoms with van der Waals surface area (Å²) in [6.45, 7) is 11.9. The Bertz CT molecular complexity index is 1100. The van der Waals surface area contributed by atoms with Crippen molar-refractivity contribution in [2.45, 2.75) is 59.2 Å². The Labute approximate surface area is 222 Å². The van der Waals surface area contributed by atoms with Crippen molar-refractivity contribution < 1.29 is 32.6 Å². The molecule has 0 aromatic heterocycles. The maximum Gasteiger partial charge on any atom is 0.490 e. The van der Waals surface area contributed by atoms with Gasteiger partial charge in [-0.05, 0) is 88.2 Å². The predicted molar refractivity (Wildman–Crippen MR) is 139 cm³/mol. The van der Waals surface area contributed by atoms with Crippen LogP contribution in [-0.2, 0) is 11.3 Å². The third-order valence-corrected chi connectivity index (χ3v) is 7.77. The summed E-state index contributed by atoms with van der Waals surface area (Å²) in [7, 11) is 0. The quantitative estimate of drug-likeness (QED) is 0.521. The standard InChI is InChI=1S/C27H36N2O2.C2HF3O2/c1-4-31-25-11-6-5-9-23(25)20-28-16-12-27(13-17-28)14-18-29(19-15-27)26(30)24-10-7-8-21(2)22(24)3;3-2(4,5)1(6)7/h5-11H,4,12-20H2,1-3H3;(H,6,7). The number of hydrogen-bond donors (Lipinski definition) is 1.